The molecule has 0 unspecified atom stereocenters. The van der Waals surface area contributed by atoms with Crippen LogP contribution in [-0.4, -0.2) is 50.1 Å². The van der Waals surface area contributed by atoms with Gasteiger partial charge in [0.15, 0.2) is 0 Å². The molecule has 6 nitrogen and oxygen atoms in total. The summed E-state index contributed by atoms with van der Waals surface area (Å²) >= 11 is 0. The smallest absolute Gasteiger partial charge is 0.222 e. The number of pyridine rings is 1. The Kier molecular flexibility index (Phi) is 5.29. The highest BCUT2D eigenvalue weighted by Crippen LogP contribution is 2.17. The third-order valence-electron chi connectivity index (χ3n) is 5.35. The fraction of sp³-hybridized carbons (Fsp3) is 0.550. The van der Waals surface area contributed by atoms with Crippen LogP contribution in [0.3, 0.4) is 0 Å². The van der Waals surface area contributed by atoms with Gasteiger partial charge in [0.1, 0.15) is 0 Å². The molecule has 0 aliphatic carbocycles. The highest BCUT2D eigenvalue weighted by atomic mass is 16.2. The molecule has 0 aromatic carbocycles. The molecule has 4 heterocycles. The second-order valence-corrected chi connectivity index (χ2v) is 7.36. The van der Waals surface area contributed by atoms with Gasteiger partial charge < -0.3 is 4.90 Å². The van der Waals surface area contributed by atoms with E-state index in [0.717, 1.165) is 70.6 Å². The Hall–Kier alpha value is -2.21. The van der Waals surface area contributed by atoms with Crippen molar-refractivity contribution in [3.05, 3.63) is 47.5 Å². The van der Waals surface area contributed by atoms with Crippen LogP contribution in [0.2, 0.25) is 0 Å². The number of carbonyl (C=O) groups is 1. The predicted octanol–water partition coefficient (Wildman–Crippen LogP) is 2.24. The van der Waals surface area contributed by atoms with Gasteiger partial charge in [0.2, 0.25) is 5.91 Å². The number of likely N-dealkylation sites (tertiary alicyclic amines) is 1. The molecule has 0 radical (unpaired) electrons. The van der Waals surface area contributed by atoms with Crippen LogP contribution in [-0.2, 0) is 30.8 Å². The van der Waals surface area contributed by atoms with Crippen LogP contribution >= 0.6 is 0 Å². The van der Waals surface area contributed by atoms with Crippen molar-refractivity contribution < 1.29 is 4.79 Å². The van der Waals surface area contributed by atoms with Crippen molar-refractivity contribution in [1.29, 1.82) is 0 Å². The highest BCUT2D eigenvalue weighted by molar-refractivity contribution is 5.76. The van der Waals surface area contributed by atoms with Crippen molar-refractivity contribution in [2.24, 2.45) is 0 Å². The molecule has 0 N–H and O–H groups in total. The average Bonchev–Trinajstić information content (AvgIpc) is 3.28. The molecule has 2 aliphatic rings. The van der Waals surface area contributed by atoms with Gasteiger partial charge in [-0.3, -0.25) is 19.4 Å². The van der Waals surface area contributed by atoms with Crippen LogP contribution < -0.4 is 0 Å². The molecular weight excluding hydrogens is 326 g/mol. The number of aromatic nitrogens is 3. The standard InChI is InChI=1S/C20H27N5O/c26-20(24-11-1-2-12-24)5-4-18-14-19-16-23(10-3-13-25(19)22-18)15-17-6-8-21-9-7-17/h6-9,14H,1-5,10-13,15-16H2. The van der Waals surface area contributed by atoms with Crippen LogP contribution in [0.1, 0.15) is 42.6 Å². The molecular formula is C20H27N5O. The molecule has 2 aliphatic heterocycles. The summed E-state index contributed by atoms with van der Waals surface area (Å²) in [6, 6.07) is 6.36. The maximum Gasteiger partial charge on any atom is 0.222 e. The van der Waals surface area contributed by atoms with Gasteiger partial charge in [0, 0.05) is 64.5 Å². The lowest BCUT2D eigenvalue weighted by atomic mass is 10.2. The lowest BCUT2D eigenvalue weighted by molar-refractivity contribution is -0.130. The fourth-order valence-corrected chi connectivity index (χ4v) is 3.95. The van der Waals surface area contributed by atoms with Crippen molar-refractivity contribution in [2.45, 2.75) is 51.7 Å². The lowest BCUT2D eigenvalue weighted by Gasteiger charge is -2.19. The molecule has 138 valence electrons. The Morgan fingerprint density at radius 3 is 2.65 bits per heavy atom. The second kappa shape index (κ2) is 7.99. The Morgan fingerprint density at radius 2 is 1.85 bits per heavy atom. The van der Waals surface area contributed by atoms with Crippen LogP contribution in [0, 0.1) is 0 Å². The Morgan fingerprint density at radius 1 is 1.04 bits per heavy atom. The largest absolute Gasteiger partial charge is 0.343 e. The van der Waals surface area contributed by atoms with E-state index in [1.165, 1.54) is 11.3 Å². The monoisotopic (exact) mass is 353 g/mol. The molecule has 26 heavy (non-hydrogen) atoms. The quantitative estimate of drug-likeness (QED) is 0.827. The zero-order valence-corrected chi connectivity index (χ0v) is 15.3. The topological polar surface area (TPSA) is 54.3 Å². The summed E-state index contributed by atoms with van der Waals surface area (Å²) in [5.41, 5.74) is 3.61. The van der Waals surface area contributed by atoms with E-state index in [0.29, 0.717) is 6.42 Å². The minimum Gasteiger partial charge on any atom is -0.343 e. The van der Waals surface area contributed by atoms with Gasteiger partial charge in [-0.25, -0.2) is 0 Å². The van der Waals surface area contributed by atoms with Crippen LogP contribution in [0.15, 0.2) is 30.6 Å². The predicted molar refractivity (Wildman–Crippen MR) is 99.3 cm³/mol. The van der Waals surface area contributed by atoms with Gasteiger partial charge in [-0.05, 0) is 43.0 Å². The number of aryl methyl sites for hydroxylation is 2. The van der Waals surface area contributed by atoms with Gasteiger partial charge in [-0.1, -0.05) is 0 Å². The molecule has 4 rings (SSSR count). The molecule has 0 saturated carbocycles. The third kappa shape index (κ3) is 4.12. The van der Waals surface area contributed by atoms with Crippen LogP contribution in [0.5, 0.6) is 0 Å². The number of hydrogen-bond acceptors (Lipinski definition) is 4. The number of nitrogens with zero attached hydrogens (tertiary/aromatic N) is 5. The summed E-state index contributed by atoms with van der Waals surface area (Å²) in [6.07, 6.45) is 8.44. The maximum atomic E-state index is 12.3. The van der Waals surface area contributed by atoms with E-state index in [1.54, 1.807) is 0 Å². The van der Waals surface area contributed by atoms with Gasteiger partial charge in [-0.2, -0.15) is 5.10 Å². The van der Waals surface area contributed by atoms with Crippen molar-refractivity contribution in [1.82, 2.24) is 24.6 Å². The van der Waals surface area contributed by atoms with Crippen molar-refractivity contribution in [3.8, 4) is 0 Å². The number of hydrogen-bond donors (Lipinski definition) is 0. The molecule has 0 spiro atoms. The van der Waals surface area contributed by atoms with Gasteiger partial charge >= 0.3 is 0 Å². The molecule has 1 saturated heterocycles. The zero-order chi connectivity index (χ0) is 17.8. The second-order valence-electron chi connectivity index (χ2n) is 7.36. The highest BCUT2D eigenvalue weighted by Gasteiger charge is 2.20. The number of amides is 1. The number of rotatable bonds is 5. The molecule has 6 heteroatoms. The van der Waals surface area contributed by atoms with Crippen LogP contribution in [0.4, 0.5) is 0 Å². The number of fused-ring (bicyclic) bond motifs is 1. The third-order valence-corrected chi connectivity index (χ3v) is 5.35. The van der Waals surface area contributed by atoms with Crippen molar-refractivity contribution in [3.63, 3.8) is 0 Å². The Bertz CT molecular complexity index is 736. The lowest BCUT2D eigenvalue weighted by Crippen LogP contribution is -2.27. The average molecular weight is 353 g/mol. The van der Waals surface area contributed by atoms with Crippen LogP contribution in [0.25, 0.3) is 0 Å². The summed E-state index contributed by atoms with van der Waals surface area (Å²) in [6.45, 7) is 5.76. The molecule has 1 fully saturated rings. The minimum absolute atomic E-state index is 0.282. The van der Waals surface area contributed by atoms with Gasteiger partial charge in [0.25, 0.3) is 0 Å². The summed E-state index contributed by atoms with van der Waals surface area (Å²) in [7, 11) is 0. The molecule has 2 aromatic heterocycles. The van der Waals surface area contributed by atoms with E-state index < -0.39 is 0 Å². The van der Waals surface area contributed by atoms with E-state index in [2.05, 4.69) is 32.8 Å². The van der Waals surface area contributed by atoms with Gasteiger partial charge in [0.05, 0.1) is 11.4 Å². The van der Waals surface area contributed by atoms with Crippen molar-refractivity contribution >= 4 is 5.91 Å². The fourth-order valence-electron chi connectivity index (χ4n) is 3.95. The molecule has 0 bridgehead atoms. The first-order valence-electron chi connectivity index (χ1n) is 9.72. The first kappa shape index (κ1) is 17.2. The molecule has 2 aromatic rings. The van der Waals surface area contributed by atoms with E-state index in [4.69, 9.17) is 5.10 Å². The molecule has 0 atom stereocenters. The van der Waals surface area contributed by atoms with Gasteiger partial charge in [-0.15, -0.1) is 0 Å². The van der Waals surface area contributed by atoms with E-state index in [-0.39, 0.29) is 5.91 Å². The zero-order valence-electron chi connectivity index (χ0n) is 15.3. The van der Waals surface area contributed by atoms with Crippen molar-refractivity contribution in [2.75, 3.05) is 19.6 Å². The first-order chi connectivity index (χ1) is 12.8. The van der Waals surface area contributed by atoms with E-state index >= 15 is 0 Å². The summed E-state index contributed by atoms with van der Waals surface area (Å²) in [5, 5.41) is 4.76. The summed E-state index contributed by atoms with van der Waals surface area (Å²) in [5.74, 6) is 0.282. The van der Waals surface area contributed by atoms with E-state index in [1.807, 2.05) is 17.3 Å². The molecule has 1 amide bonds. The summed E-state index contributed by atoms with van der Waals surface area (Å²) in [4.78, 5) is 20.8. The SMILES string of the molecule is O=C(CCc1cc2n(n1)CCCN(Cc1ccncc1)C2)N1CCCC1. The maximum absolute atomic E-state index is 12.3. The van der Waals surface area contributed by atoms with E-state index in [9.17, 15) is 4.79 Å². The Balaban J connectivity index is 1.36. The Labute approximate surface area is 154 Å². The first-order valence-corrected chi connectivity index (χ1v) is 9.72. The minimum atomic E-state index is 0.282. The normalized spacial score (nSPS) is 17.9. The number of carbonyl (C=O) groups excluding carboxylic acids is 1. The summed E-state index contributed by atoms with van der Waals surface area (Å²) < 4.78 is 2.14.